The maximum Gasteiger partial charge on any atom is 0.256 e. The highest BCUT2D eigenvalue weighted by molar-refractivity contribution is 6.33. The van der Waals surface area contributed by atoms with E-state index in [9.17, 15) is 9.59 Å². The Labute approximate surface area is 223 Å². The van der Waals surface area contributed by atoms with E-state index in [1.807, 2.05) is 75.4 Å². The van der Waals surface area contributed by atoms with Gasteiger partial charge in [0, 0.05) is 48.0 Å². The van der Waals surface area contributed by atoms with Crippen LogP contribution in [0.1, 0.15) is 55.2 Å². The fourth-order valence-corrected chi connectivity index (χ4v) is 5.55. The summed E-state index contributed by atoms with van der Waals surface area (Å²) in [7, 11) is 0. The Morgan fingerprint density at radius 3 is 2.41 bits per heavy atom. The number of amides is 2. The summed E-state index contributed by atoms with van der Waals surface area (Å²) >= 11 is 6.73. The second-order valence-electron chi connectivity index (χ2n) is 10.9. The van der Waals surface area contributed by atoms with Crippen LogP contribution in [0.25, 0.3) is 0 Å². The number of carbonyl (C=O) groups is 2. The first-order valence-electron chi connectivity index (χ1n) is 12.7. The molecule has 0 aliphatic carbocycles. The molecule has 37 heavy (non-hydrogen) atoms. The van der Waals surface area contributed by atoms with Gasteiger partial charge in [0.15, 0.2) is 0 Å². The van der Waals surface area contributed by atoms with Gasteiger partial charge in [0.05, 0.1) is 16.8 Å². The van der Waals surface area contributed by atoms with E-state index in [-0.39, 0.29) is 23.9 Å². The number of benzene rings is 3. The smallest absolute Gasteiger partial charge is 0.256 e. The van der Waals surface area contributed by atoms with Gasteiger partial charge in [-0.1, -0.05) is 68.8 Å². The molecule has 0 saturated carbocycles. The van der Waals surface area contributed by atoms with E-state index in [1.54, 1.807) is 0 Å². The zero-order valence-electron chi connectivity index (χ0n) is 21.7. The van der Waals surface area contributed by atoms with Crippen molar-refractivity contribution in [3.05, 3.63) is 88.4 Å². The topological polar surface area (TPSA) is 64.7 Å². The Balaban J connectivity index is 1.40. The molecule has 3 aromatic rings. The fraction of sp³-hybridized carbons (Fsp3) is 0.333. The van der Waals surface area contributed by atoms with E-state index in [2.05, 4.69) is 39.5 Å². The van der Waals surface area contributed by atoms with Crippen LogP contribution in [0.3, 0.4) is 0 Å². The molecule has 6 nitrogen and oxygen atoms in total. The normalized spacial score (nSPS) is 19.9. The van der Waals surface area contributed by atoms with Crippen molar-refractivity contribution >= 4 is 40.5 Å². The lowest BCUT2D eigenvalue weighted by atomic mass is 9.92. The molecule has 2 aliphatic heterocycles. The maximum absolute atomic E-state index is 13.0. The molecule has 0 bridgehead atoms. The van der Waals surface area contributed by atoms with Crippen LogP contribution < -0.4 is 15.5 Å². The summed E-state index contributed by atoms with van der Waals surface area (Å²) < 4.78 is 0. The second-order valence-corrected chi connectivity index (χ2v) is 11.3. The molecular formula is C30H33ClN4O2. The number of fused-ring (bicyclic) bond motifs is 2. The molecule has 1 saturated heterocycles. The Hall–Kier alpha value is -3.35. The highest BCUT2D eigenvalue weighted by atomic mass is 35.5. The molecule has 0 aromatic heterocycles. The van der Waals surface area contributed by atoms with Gasteiger partial charge in [-0.15, -0.1) is 0 Å². The molecule has 0 radical (unpaired) electrons. The largest absolute Gasteiger partial charge is 0.365 e. The van der Waals surface area contributed by atoms with Gasteiger partial charge in [0.25, 0.3) is 5.91 Å². The Morgan fingerprint density at radius 2 is 1.70 bits per heavy atom. The molecule has 192 valence electrons. The lowest BCUT2D eigenvalue weighted by Crippen LogP contribution is -2.53. The molecule has 2 atom stereocenters. The lowest BCUT2D eigenvalue weighted by Gasteiger charge is -2.45. The average Bonchev–Trinajstić information content (AvgIpc) is 2.98. The molecule has 3 aromatic carbocycles. The molecule has 0 spiro atoms. The Bertz CT molecular complexity index is 1350. The first-order valence-corrected chi connectivity index (χ1v) is 13.1. The Kier molecular flexibility index (Phi) is 6.73. The molecule has 7 heteroatoms. The van der Waals surface area contributed by atoms with Gasteiger partial charge in [-0.05, 0) is 48.4 Å². The van der Waals surface area contributed by atoms with Crippen molar-refractivity contribution < 1.29 is 9.59 Å². The lowest BCUT2D eigenvalue weighted by molar-refractivity contribution is -0.123. The monoisotopic (exact) mass is 516 g/mol. The number of carbonyl (C=O) groups excluding carboxylic acids is 2. The van der Waals surface area contributed by atoms with E-state index in [4.69, 9.17) is 11.6 Å². The second kappa shape index (κ2) is 9.84. The number of halogens is 1. The first-order chi connectivity index (χ1) is 17.6. The molecular weight excluding hydrogens is 484 g/mol. The van der Waals surface area contributed by atoms with Gasteiger partial charge < -0.3 is 15.5 Å². The summed E-state index contributed by atoms with van der Waals surface area (Å²) in [6, 6.07) is 21.9. The van der Waals surface area contributed by atoms with Crippen molar-refractivity contribution in [1.82, 2.24) is 4.90 Å². The number of anilines is 3. The summed E-state index contributed by atoms with van der Waals surface area (Å²) in [5.74, 6) is -0.113. The van der Waals surface area contributed by atoms with Crippen LogP contribution in [0.5, 0.6) is 0 Å². The van der Waals surface area contributed by atoms with Crippen molar-refractivity contribution in [2.75, 3.05) is 35.2 Å². The number of hydrogen-bond donors (Lipinski definition) is 2. The van der Waals surface area contributed by atoms with Crippen molar-refractivity contribution in [3.8, 4) is 0 Å². The van der Waals surface area contributed by atoms with Crippen LogP contribution in [0.15, 0.2) is 66.7 Å². The van der Waals surface area contributed by atoms with Crippen molar-refractivity contribution in [2.24, 2.45) is 5.41 Å². The standard InChI is InChI=1S/C30H33ClN4O2/c1-19-18-34(15-16-35(19)26-14-13-20(17-24(26)31)32-29(37)30(2,3)4)27-21-9-5-6-10-22(21)28(36)33-25-12-8-7-11-23(25)27/h5-14,17,19,27H,15-16,18H2,1-4H3,(H,32,37)(H,33,36). The zero-order chi connectivity index (χ0) is 26.3. The quantitative estimate of drug-likeness (QED) is 0.435. The van der Waals surface area contributed by atoms with Gasteiger partial charge in [-0.3, -0.25) is 14.5 Å². The van der Waals surface area contributed by atoms with E-state index < -0.39 is 5.41 Å². The number of nitrogens with one attached hydrogen (secondary N) is 2. The van der Waals surface area contributed by atoms with Crippen molar-refractivity contribution in [1.29, 1.82) is 0 Å². The first kappa shape index (κ1) is 25.3. The van der Waals surface area contributed by atoms with Crippen LogP contribution in [0, 0.1) is 5.41 Å². The van der Waals surface area contributed by atoms with Gasteiger partial charge in [-0.2, -0.15) is 0 Å². The minimum absolute atomic E-state index is 0.0265. The van der Waals surface area contributed by atoms with Crippen molar-refractivity contribution in [2.45, 2.75) is 39.8 Å². The van der Waals surface area contributed by atoms with Gasteiger partial charge in [-0.25, -0.2) is 0 Å². The van der Waals surface area contributed by atoms with Crippen LogP contribution in [-0.2, 0) is 4.79 Å². The van der Waals surface area contributed by atoms with Crippen molar-refractivity contribution in [3.63, 3.8) is 0 Å². The summed E-state index contributed by atoms with van der Waals surface area (Å²) in [5.41, 5.74) is 4.89. The molecule has 1 fully saturated rings. The van der Waals surface area contributed by atoms with Crippen LogP contribution >= 0.6 is 11.6 Å². The van der Waals surface area contributed by atoms with Crippen LogP contribution in [0.2, 0.25) is 5.02 Å². The number of hydrogen-bond acceptors (Lipinski definition) is 4. The SMILES string of the molecule is CC1CN(C2c3ccccc3NC(=O)c3ccccc32)CCN1c1ccc(NC(=O)C(C)(C)C)cc1Cl. The highest BCUT2D eigenvalue weighted by Gasteiger charge is 2.35. The highest BCUT2D eigenvalue weighted by Crippen LogP contribution is 2.40. The molecule has 2 heterocycles. The van der Waals surface area contributed by atoms with Gasteiger partial charge >= 0.3 is 0 Å². The number of para-hydroxylation sites is 1. The molecule has 2 unspecified atom stereocenters. The predicted octanol–water partition coefficient (Wildman–Crippen LogP) is 6.19. The summed E-state index contributed by atoms with van der Waals surface area (Å²) in [5, 5.41) is 6.68. The van der Waals surface area contributed by atoms with Crippen LogP contribution in [-0.4, -0.2) is 42.4 Å². The fourth-order valence-electron chi connectivity index (χ4n) is 5.26. The third-order valence-corrected chi connectivity index (χ3v) is 7.53. The van der Waals surface area contributed by atoms with E-state index in [0.717, 1.165) is 47.7 Å². The third kappa shape index (κ3) is 4.96. The molecule has 2 amide bonds. The average molecular weight is 517 g/mol. The summed E-state index contributed by atoms with van der Waals surface area (Å²) in [4.78, 5) is 30.2. The molecule has 5 rings (SSSR count). The number of piperazine rings is 1. The van der Waals surface area contributed by atoms with Gasteiger partial charge in [0.1, 0.15) is 0 Å². The molecule has 2 aliphatic rings. The van der Waals surface area contributed by atoms with Gasteiger partial charge in [0.2, 0.25) is 5.91 Å². The third-order valence-electron chi connectivity index (χ3n) is 7.22. The van der Waals surface area contributed by atoms with E-state index in [1.165, 1.54) is 0 Å². The maximum atomic E-state index is 13.0. The summed E-state index contributed by atoms with van der Waals surface area (Å²) in [6.07, 6.45) is 0. The minimum atomic E-state index is -0.481. The zero-order valence-corrected chi connectivity index (χ0v) is 22.5. The number of nitrogens with zero attached hydrogens (tertiary/aromatic N) is 2. The predicted molar refractivity (Wildman–Crippen MR) is 151 cm³/mol. The summed E-state index contributed by atoms with van der Waals surface area (Å²) in [6.45, 7) is 10.3. The Morgan fingerprint density at radius 1 is 1.00 bits per heavy atom. The van der Waals surface area contributed by atoms with E-state index >= 15 is 0 Å². The minimum Gasteiger partial charge on any atom is -0.365 e. The number of rotatable bonds is 3. The van der Waals surface area contributed by atoms with Crippen LogP contribution in [0.4, 0.5) is 17.1 Å². The molecule has 2 N–H and O–H groups in total. The van der Waals surface area contributed by atoms with E-state index in [0.29, 0.717) is 10.7 Å².